The molecule has 81 heavy (non-hydrogen) atoms. The zero-order valence-electron chi connectivity index (χ0n) is 51.9. The fourth-order valence-corrected chi connectivity index (χ4v) is 10.0. The van der Waals surface area contributed by atoms with Crippen LogP contribution in [0.2, 0.25) is 0 Å². The van der Waals surface area contributed by atoms with Gasteiger partial charge in [0.15, 0.2) is 12.4 Å². The highest BCUT2D eigenvalue weighted by molar-refractivity contribution is 5.80. The van der Waals surface area contributed by atoms with Gasteiger partial charge in [0.1, 0.15) is 24.4 Å². The Balaban J connectivity index is 2.59. The van der Waals surface area contributed by atoms with Gasteiger partial charge in [0.2, 0.25) is 5.91 Å². The second-order valence-corrected chi connectivity index (χ2v) is 22.8. The lowest BCUT2D eigenvalue weighted by Gasteiger charge is -2.41. The van der Waals surface area contributed by atoms with Gasteiger partial charge in [-0.3, -0.25) is 9.59 Å². The number of allylic oxidation sites excluding steroid dienone is 13. The van der Waals surface area contributed by atoms with Crippen LogP contribution in [0.5, 0.6) is 0 Å². The number of unbranched alkanes of at least 4 members (excludes halogenated alkanes) is 30. The molecule has 0 spiro atoms. The molecule has 0 radical (unpaired) electrons. The average Bonchev–Trinajstić information content (AvgIpc) is 3.53. The molecule has 1 aliphatic heterocycles. The van der Waals surface area contributed by atoms with E-state index in [1.807, 2.05) is 6.08 Å². The Morgan fingerprint density at radius 2 is 0.889 bits per heavy atom. The highest BCUT2D eigenvalue weighted by atomic mass is 16.7. The van der Waals surface area contributed by atoms with E-state index in [-0.39, 0.29) is 19.4 Å². The first kappa shape index (κ1) is 75.9. The maximum absolute atomic E-state index is 13.5. The van der Waals surface area contributed by atoms with Crippen LogP contribution in [-0.4, -0.2) is 99.6 Å². The smallest absolute Gasteiger partial charge is 0.306 e. The van der Waals surface area contributed by atoms with Crippen LogP contribution in [0.4, 0.5) is 0 Å². The average molecular weight is 1140 g/mol. The van der Waals surface area contributed by atoms with Crippen molar-refractivity contribution >= 4 is 11.9 Å². The maximum Gasteiger partial charge on any atom is 0.306 e. The molecule has 11 nitrogen and oxygen atoms in total. The predicted molar refractivity (Wildman–Crippen MR) is 338 cm³/mol. The van der Waals surface area contributed by atoms with Crippen molar-refractivity contribution in [3.8, 4) is 0 Å². The third kappa shape index (κ3) is 45.0. The minimum atomic E-state index is -1.63. The molecule has 8 unspecified atom stereocenters. The highest BCUT2D eigenvalue weighted by Gasteiger charge is 2.47. The largest absolute Gasteiger partial charge is 0.454 e. The number of aliphatic hydroxyl groups is 5. The van der Waals surface area contributed by atoms with Crippen molar-refractivity contribution in [2.24, 2.45) is 0 Å². The van der Waals surface area contributed by atoms with Gasteiger partial charge in [0.25, 0.3) is 0 Å². The molecule has 0 bridgehead atoms. The molecule has 1 rings (SSSR count). The molecule has 0 aromatic carbocycles. The number of aliphatic hydroxyl groups excluding tert-OH is 5. The van der Waals surface area contributed by atoms with Crippen LogP contribution in [0, 0.1) is 0 Å². The molecule has 1 saturated heterocycles. The lowest BCUT2D eigenvalue weighted by Crippen LogP contribution is -2.61. The minimum Gasteiger partial charge on any atom is -0.454 e. The Hall–Kier alpha value is -3.16. The number of carbonyl (C=O) groups is 2. The van der Waals surface area contributed by atoms with Crippen LogP contribution in [0.25, 0.3) is 0 Å². The lowest BCUT2D eigenvalue weighted by atomic mass is 9.99. The SMILES string of the molecule is CC/C=C/C/C=C/C/C=C/CCCCCCC(=O)OC1C(OCC(NC(=O)C(O)CCCCCCCCCCCCCCC/C=C\C/C=C\C/C=C\CCCCC)C(O)/C=C/CCCCCCCCCCCC)OC(CO)C(O)C1O. The molecular weight excluding hydrogens is 1010 g/mol. The maximum atomic E-state index is 13.5. The van der Waals surface area contributed by atoms with E-state index in [1.165, 1.54) is 141 Å². The van der Waals surface area contributed by atoms with E-state index in [0.717, 1.165) is 96.3 Å². The first-order valence-electron chi connectivity index (χ1n) is 33.4. The molecule has 1 heterocycles. The lowest BCUT2D eigenvalue weighted by molar-refractivity contribution is -0.305. The fourth-order valence-electron chi connectivity index (χ4n) is 10.0. The molecular formula is C70H123NO10. The summed E-state index contributed by atoms with van der Waals surface area (Å²) in [5.41, 5.74) is 0. The van der Waals surface area contributed by atoms with Gasteiger partial charge in [-0.2, -0.15) is 0 Å². The summed E-state index contributed by atoms with van der Waals surface area (Å²) in [6, 6.07) is -1.03. The van der Waals surface area contributed by atoms with Gasteiger partial charge in [-0.05, 0) is 96.3 Å². The molecule has 0 aromatic rings. The summed E-state index contributed by atoms with van der Waals surface area (Å²) >= 11 is 0. The summed E-state index contributed by atoms with van der Waals surface area (Å²) in [6.07, 6.45) is 64.9. The normalized spacial score (nSPS) is 19.2. The van der Waals surface area contributed by atoms with Crippen LogP contribution in [0.15, 0.2) is 85.1 Å². The molecule has 0 saturated carbocycles. The standard InChI is InChI=1S/C70H123NO10/c1-4-7-10-13-16-19-22-25-27-28-29-30-31-32-33-34-35-36-37-38-39-42-45-48-51-54-57-63(74)69(78)71-61(62(73)56-53-50-47-44-41-24-21-18-15-12-9-6-3)60-79-70-68(67(77)66(76)64(59-72)80-70)81-65(75)58-55-52-49-46-43-40-26-23-20-17-14-11-8-5-2/h8,11,16-17,19-20,25-27,29-30,40,53,56,61-64,66-68,70,72-74,76-77H,4-7,9-10,12-15,18,21-24,28,31-39,41-52,54-55,57-60H2,1-3H3,(H,71,78)/b11-8+,19-16-,20-17+,27-25-,30-29-,40-26+,56-53+. The summed E-state index contributed by atoms with van der Waals surface area (Å²) in [4.78, 5) is 26.6. The number of hydrogen-bond donors (Lipinski definition) is 6. The zero-order chi connectivity index (χ0) is 58.9. The molecule has 6 N–H and O–H groups in total. The molecule has 8 atom stereocenters. The van der Waals surface area contributed by atoms with E-state index in [0.29, 0.717) is 12.8 Å². The van der Waals surface area contributed by atoms with E-state index < -0.39 is 67.4 Å². The quantitative estimate of drug-likeness (QED) is 0.0195. The molecule has 1 fully saturated rings. The Bertz CT molecular complexity index is 1640. The third-order valence-corrected chi connectivity index (χ3v) is 15.3. The van der Waals surface area contributed by atoms with Crippen molar-refractivity contribution in [2.75, 3.05) is 13.2 Å². The summed E-state index contributed by atoms with van der Waals surface area (Å²) in [5, 5.41) is 57.1. The zero-order valence-corrected chi connectivity index (χ0v) is 51.9. The fraction of sp³-hybridized carbons (Fsp3) is 0.771. The van der Waals surface area contributed by atoms with Crippen molar-refractivity contribution in [3.05, 3.63) is 85.1 Å². The number of rotatable bonds is 56. The highest BCUT2D eigenvalue weighted by Crippen LogP contribution is 2.26. The van der Waals surface area contributed by atoms with E-state index in [1.54, 1.807) is 6.08 Å². The first-order chi connectivity index (χ1) is 39.7. The monoisotopic (exact) mass is 1140 g/mol. The van der Waals surface area contributed by atoms with Crippen molar-refractivity contribution in [1.29, 1.82) is 0 Å². The third-order valence-electron chi connectivity index (χ3n) is 15.3. The van der Waals surface area contributed by atoms with Crippen LogP contribution in [0.1, 0.15) is 284 Å². The number of esters is 1. The Morgan fingerprint density at radius 3 is 1.36 bits per heavy atom. The number of hydrogen-bond acceptors (Lipinski definition) is 10. The second kappa shape index (κ2) is 57.3. The Labute approximate surface area is 495 Å². The van der Waals surface area contributed by atoms with E-state index in [2.05, 4.69) is 99.0 Å². The number of carbonyl (C=O) groups excluding carboxylic acids is 2. The van der Waals surface area contributed by atoms with Gasteiger partial charge < -0.3 is 45.1 Å². The van der Waals surface area contributed by atoms with Gasteiger partial charge in [-0.25, -0.2) is 0 Å². The predicted octanol–water partition coefficient (Wildman–Crippen LogP) is 16.5. The van der Waals surface area contributed by atoms with Gasteiger partial charge >= 0.3 is 5.97 Å². The van der Waals surface area contributed by atoms with Crippen molar-refractivity contribution in [3.63, 3.8) is 0 Å². The van der Waals surface area contributed by atoms with Crippen LogP contribution in [0.3, 0.4) is 0 Å². The van der Waals surface area contributed by atoms with Gasteiger partial charge in [-0.15, -0.1) is 0 Å². The van der Waals surface area contributed by atoms with E-state index in [9.17, 15) is 35.1 Å². The number of nitrogens with one attached hydrogen (secondary N) is 1. The van der Waals surface area contributed by atoms with Crippen LogP contribution < -0.4 is 5.32 Å². The van der Waals surface area contributed by atoms with Gasteiger partial charge in [0.05, 0.1) is 25.4 Å². The molecule has 1 aliphatic rings. The Morgan fingerprint density at radius 1 is 0.494 bits per heavy atom. The second-order valence-electron chi connectivity index (χ2n) is 22.8. The summed E-state index contributed by atoms with van der Waals surface area (Å²) in [6.45, 7) is 5.64. The first-order valence-corrected chi connectivity index (χ1v) is 33.4. The van der Waals surface area contributed by atoms with E-state index >= 15 is 0 Å². The van der Waals surface area contributed by atoms with Crippen molar-refractivity contribution in [2.45, 2.75) is 333 Å². The summed E-state index contributed by atoms with van der Waals surface area (Å²) < 4.78 is 17.6. The van der Waals surface area contributed by atoms with Crippen molar-refractivity contribution in [1.82, 2.24) is 5.32 Å². The number of amides is 1. The van der Waals surface area contributed by atoms with E-state index in [4.69, 9.17) is 14.2 Å². The molecule has 468 valence electrons. The van der Waals surface area contributed by atoms with Crippen LogP contribution in [-0.2, 0) is 23.8 Å². The topological polar surface area (TPSA) is 175 Å². The molecule has 0 aromatic heterocycles. The molecule has 1 amide bonds. The van der Waals surface area contributed by atoms with Crippen LogP contribution >= 0.6 is 0 Å². The minimum absolute atomic E-state index is 0.0953. The molecule has 11 heteroatoms. The number of ether oxygens (including phenoxy) is 3. The van der Waals surface area contributed by atoms with Gasteiger partial charge in [-0.1, -0.05) is 266 Å². The summed E-state index contributed by atoms with van der Waals surface area (Å²) in [5.74, 6) is -1.22. The summed E-state index contributed by atoms with van der Waals surface area (Å²) in [7, 11) is 0. The van der Waals surface area contributed by atoms with Gasteiger partial charge in [0, 0.05) is 6.42 Å². The Kier molecular flexibility index (Phi) is 53.6. The van der Waals surface area contributed by atoms with Crippen molar-refractivity contribution < 1.29 is 49.3 Å². The molecule has 0 aliphatic carbocycles.